The van der Waals surface area contributed by atoms with Gasteiger partial charge in [0, 0.05) is 17.6 Å². The van der Waals surface area contributed by atoms with Crippen molar-refractivity contribution in [3.63, 3.8) is 0 Å². The van der Waals surface area contributed by atoms with Crippen LogP contribution in [0.1, 0.15) is 50.3 Å². The number of aliphatic hydroxyl groups is 1. The topological polar surface area (TPSA) is 32.7 Å². The number of aliphatic hydroxyl groups excluding tert-OH is 1. The van der Waals surface area contributed by atoms with Crippen LogP contribution in [0, 0.1) is 6.92 Å². The first kappa shape index (κ1) is 13.9. The number of benzene rings is 1. The predicted octanol–water partition coefficient (Wildman–Crippen LogP) is 3.05. The Balaban J connectivity index is 1.89. The standard InChI is InChI=1S/C17H25NO2/c1-11-7-8-16-14(9-11)17(19)15(10-20-16)18-12(2)5-4-6-13(18)3/h7-9,12-13,15,17,19H,4-6,10H2,1-3H3. The fourth-order valence-corrected chi connectivity index (χ4v) is 3.85. The van der Waals surface area contributed by atoms with Gasteiger partial charge in [-0.15, -0.1) is 0 Å². The number of nitrogens with zero attached hydrogens (tertiary/aromatic N) is 1. The molecule has 3 heteroatoms. The van der Waals surface area contributed by atoms with Crippen molar-refractivity contribution in [2.45, 2.75) is 64.3 Å². The lowest BCUT2D eigenvalue weighted by Gasteiger charge is -2.47. The highest BCUT2D eigenvalue weighted by Gasteiger charge is 2.39. The Morgan fingerprint density at radius 3 is 2.60 bits per heavy atom. The first-order valence-electron chi connectivity index (χ1n) is 7.77. The maximum atomic E-state index is 10.8. The molecule has 1 aromatic rings. The second kappa shape index (κ2) is 5.38. The number of piperidine rings is 1. The molecule has 110 valence electrons. The highest BCUT2D eigenvalue weighted by molar-refractivity contribution is 5.40. The van der Waals surface area contributed by atoms with Crippen LogP contribution in [0.2, 0.25) is 0 Å². The summed E-state index contributed by atoms with van der Waals surface area (Å²) < 4.78 is 5.91. The zero-order valence-electron chi connectivity index (χ0n) is 12.7. The quantitative estimate of drug-likeness (QED) is 0.855. The molecule has 0 bridgehead atoms. The molecule has 0 amide bonds. The Kier molecular flexibility index (Phi) is 3.74. The number of fused-ring (bicyclic) bond motifs is 1. The third kappa shape index (κ3) is 2.33. The number of ether oxygens (including phenoxy) is 1. The molecule has 1 fully saturated rings. The van der Waals surface area contributed by atoms with E-state index in [2.05, 4.69) is 31.7 Å². The zero-order valence-corrected chi connectivity index (χ0v) is 12.7. The van der Waals surface area contributed by atoms with E-state index in [1.165, 1.54) is 24.8 Å². The molecule has 1 aromatic carbocycles. The molecule has 1 N–H and O–H groups in total. The van der Waals surface area contributed by atoms with Gasteiger partial charge in [0.25, 0.3) is 0 Å². The van der Waals surface area contributed by atoms with Crippen LogP contribution in [0.15, 0.2) is 18.2 Å². The molecule has 2 aliphatic rings. The summed E-state index contributed by atoms with van der Waals surface area (Å²) in [6.07, 6.45) is 3.28. The molecule has 4 unspecified atom stereocenters. The maximum absolute atomic E-state index is 10.8. The highest BCUT2D eigenvalue weighted by atomic mass is 16.5. The average Bonchev–Trinajstić information content (AvgIpc) is 2.41. The van der Waals surface area contributed by atoms with Gasteiger partial charge < -0.3 is 9.84 Å². The highest BCUT2D eigenvalue weighted by Crippen LogP contribution is 2.38. The van der Waals surface area contributed by atoms with Gasteiger partial charge in [0.05, 0.1) is 6.04 Å². The van der Waals surface area contributed by atoms with Crippen molar-refractivity contribution in [1.29, 1.82) is 0 Å². The second-order valence-corrected chi connectivity index (χ2v) is 6.44. The summed E-state index contributed by atoms with van der Waals surface area (Å²) in [5.41, 5.74) is 2.12. The molecule has 20 heavy (non-hydrogen) atoms. The SMILES string of the molecule is Cc1ccc2c(c1)C(O)C(N1C(C)CCCC1C)CO2. The molecule has 2 heterocycles. The van der Waals surface area contributed by atoms with Crippen LogP contribution in [-0.4, -0.2) is 34.7 Å². The average molecular weight is 275 g/mol. The van der Waals surface area contributed by atoms with Crippen LogP contribution in [-0.2, 0) is 0 Å². The Morgan fingerprint density at radius 1 is 1.20 bits per heavy atom. The Morgan fingerprint density at radius 2 is 1.90 bits per heavy atom. The lowest BCUT2D eigenvalue weighted by atomic mass is 9.90. The number of rotatable bonds is 1. The van der Waals surface area contributed by atoms with Gasteiger partial charge in [0.2, 0.25) is 0 Å². The van der Waals surface area contributed by atoms with Crippen molar-refractivity contribution < 1.29 is 9.84 Å². The van der Waals surface area contributed by atoms with E-state index in [4.69, 9.17) is 4.74 Å². The first-order valence-corrected chi connectivity index (χ1v) is 7.77. The number of hydrogen-bond acceptors (Lipinski definition) is 3. The van der Waals surface area contributed by atoms with Crippen LogP contribution in [0.5, 0.6) is 5.75 Å². The van der Waals surface area contributed by atoms with E-state index in [1.807, 2.05) is 12.1 Å². The molecule has 2 aliphatic heterocycles. The van der Waals surface area contributed by atoms with Gasteiger partial charge in [-0.05, 0) is 45.7 Å². The van der Waals surface area contributed by atoms with Gasteiger partial charge in [0.15, 0.2) is 0 Å². The van der Waals surface area contributed by atoms with E-state index in [9.17, 15) is 5.11 Å². The lowest BCUT2D eigenvalue weighted by molar-refractivity contribution is -0.0470. The van der Waals surface area contributed by atoms with Gasteiger partial charge >= 0.3 is 0 Å². The van der Waals surface area contributed by atoms with Crippen molar-refractivity contribution in [3.05, 3.63) is 29.3 Å². The first-order chi connectivity index (χ1) is 9.58. The van der Waals surface area contributed by atoms with E-state index in [-0.39, 0.29) is 6.04 Å². The fraction of sp³-hybridized carbons (Fsp3) is 0.647. The van der Waals surface area contributed by atoms with Gasteiger partial charge in [0.1, 0.15) is 18.5 Å². The lowest BCUT2D eigenvalue weighted by Crippen LogP contribution is -2.55. The van der Waals surface area contributed by atoms with Crippen LogP contribution in [0.25, 0.3) is 0 Å². The van der Waals surface area contributed by atoms with Gasteiger partial charge in [-0.3, -0.25) is 4.90 Å². The summed E-state index contributed by atoms with van der Waals surface area (Å²) >= 11 is 0. The van der Waals surface area contributed by atoms with Gasteiger partial charge in [-0.1, -0.05) is 18.1 Å². The molecule has 0 aliphatic carbocycles. The van der Waals surface area contributed by atoms with E-state index in [0.29, 0.717) is 18.7 Å². The van der Waals surface area contributed by atoms with Crippen molar-refractivity contribution in [2.75, 3.05) is 6.61 Å². The van der Waals surface area contributed by atoms with Crippen LogP contribution in [0.4, 0.5) is 0 Å². The van der Waals surface area contributed by atoms with Gasteiger partial charge in [-0.2, -0.15) is 0 Å². The molecule has 4 atom stereocenters. The molecule has 0 aromatic heterocycles. The Labute approximate surface area is 121 Å². The fourth-order valence-electron chi connectivity index (χ4n) is 3.85. The summed E-state index contributed by atoms with van der Waals surface area (Å²) in [7, 11) is 0. The summed E-state index contributed by atoms with van der Waals surface area (Å²) in [6, 6.07) is 7.20. The molecule has 0 saturated carbocycles. The van der Waals surface area contributed by atoms with E-state index in [1.54, 1.807) is 0 Å². The number of hydrogen-bond donors (Lipinski definition) is 1. The molecule has 0 radical (unpaired) electrons. The van der Waals surface area contributed by atoms with Gasteiger partial charge in [-0.25, -0.2) is 0 Å². The summed E-state index contributed by atoms with van der Waals surface area (Å²) in [5, 5.41) is 10.8. The molecule has 3 rings (SSSR count). The monoisotopic (exact) mass is 275 g/mol. The molecule has 3 nitrogen and oxygen atoms in total. The minimum Gasteiger partial charge on any atom is -0.491 e. The van der Waals surface area contributed by atoms with Crippen molar-refractivity contribution >= 4 is 0 Å². The normalized spacial score (nSPS) is 34.4. The van der Waals surface area contributed by atoms with E-state index >= 15 is 0 Å². The van der Waals surface area contributed by atoms with E-state index < -0.39 is 6.10 Å². The number of aryl methyl sites for hydroxylation is 1. The minimum absolute atomic E-state index is 0.0783. The summed E-state index contributed by atoms with van der Waals surface area (Å²) in [6.45, 7) is 7.19. The molecular formula is C17H25NO2. The number of likely N-dealkylation sites (tertiary alicyclic amines) is 1. The third-order valence-electron chi connectivity index (χ3n) is 4.90. The largest absolute Gasteiger partial charge is 0.491 e. The molecule has 1 saturated heterocycles. The zero-order chi connectivity index (χ0) is 14.3. The smallest absolute Gasteiger partial charge is 0.125 e. The molecule has 0 spiro atoms. The Bertz CT molecular complexity index is 478. The predicted molar refractivity (Wildman–Crippen MR) is 80.0 cm³/mol. The minimum atomic E-state index is -0.443. The van der Waals surface area contributed by atoms with Crippen molar-refractivity contribution in [3.8, 4) is 5.75 Å². The maximum Gasteiger partial charge on any atom is 0.125 e. The molecular weight excluding hydrogens is 250 g/mol. The third-order valence-corrected chi connectivity index (χ3v) is 4.90. The van der Waals surface area contributed by atoms with Crippen molar-refractivity contribution in [2.24, 2.45) is 0 Å². The van der Waals surface area contributed by atoms with Crippen molar-refractivity contribution in [1.82, 2.24) is 4.90 Å². The Hall–Kier alpha value is -1.06. The van der Waals surface area contributed by atoms with E-state index in [0.717, 1.165) is 11.3 Å². The van der Waals surface area contributed by atoms with Crippen LogP contribution >= 0.6 is 0 Å². The second-order valence-electron chi connectivity index (χ2n) is 6.44. The summed E-state index contributed by atoms with van der Waals surface area (Å²) in [4.78, 5) is 2.47. The van der Waals surface area contributed by atoms with Crippen LogP contribution in [0.3, 0.4) is 0 Å². The van der Waals surface area contributed by atoms with Crippen LogP contribution < -0.4 is 4.74 Å². The summed E-state index contributed by atoms with van der Waals surface area (Å²) in [5.74, 6) is 0.844.